The number of allylic oxidation sites excluding steroid dienone is 1. The molecule has 0 aromatic heterocycles. The Morgan fingerprint density at radius 2 is 1.71 bits per heavy atom. The van der Waals surface area contributed by atoms with Gasteiger partial charge in [-0.2, -0.15) is 0 Å². The van der Waals surface area contributed by atoms with Gasteiger partial charge >= 0.3 is 12.2 Å². The van der Waals surface area contributed by atoms with E-state index in [4.69, 9.17) is 9.47 Å². The smallest absolute Gasteiger partial charge is 0.410 e. The maximum atomic E-state index is 14.6. The Kier molecular flexibility index (Phi) is 12.4. The quantitative estimate of drug-likeness (QED) is 0.339. The van der Waals surface area contributed by atoms with E-state index in [9.17, 15) is 32.4 Å². The first-order valence-electron chi connectivity index (χ1n) is 21.3. The van der Waals surface area contributed by atoms with Gasteiger partial charge in [0.15, 0.2) is 0 Å². The zero-order valence-electron chi connectivity index (χ0n) is 34.1. The minimum atomic E-state index is -3.91. The van der Waals surface area contributed by atoms with Crippen molar-refractivity contribution >= 4 is 39.9 Å². The molecule has 6 aliphatic rings. The average molecular weight is 825 g/mol. The van der Waals surface area contributed by atoms with Gasteiger partial charge in [0.05, 0.1) is 17.8 Å². The number of nitrogens with one attached hydrogen (secondary N) is 3. The van der Waals surface area contributed by atoms with Crippen LogP contribution in [0.3, 0.4) is 0 Å². The van der Waals surface area contributed by atoms with Crippen LogP contribution < -0.4 is 15.4 Å². The summed E-state index contributed by atoms with van der Waals surface area (Å²) in [6.07, 6.45) is 9.85. The molecule has 0 radical (unpaired) electrons. The van der Waals surface area contributed by atoms with E-state index in [1.807, 2.05) is 24.3 Å². The summed E-state index contributed by atoms with van der Waals surface area (Å²) in [4.78, 5) is 75.6. The molecule has 58 heavy (non-hydrogen) atoms. The van der Waals surface area contributed by atoms with Gasteiger partial charge in [-0.3, -0.25) is 24.0 Å². The highest BCUT2D eigenvalue weighted by Gasteiger charge is 2.62. The molecule has 5 amide bonds. The molecule has 2 saturated carbocycles. The summed E-state index contributed by atoms with van der Waals surface area (Å²) in [6, 6.07) is 5.71. The number of hydrogen-bond acceptors (Lipinski definition) is 10. The zero-order valence-corrected chi connectivity index (χ0v) is 34.9. The molecule has 1 aromatic carbocycles. The van der Waals surface area contributed by atoms with Crippen molar-refractivity contribution in [3.8, 4) is 0 Å². The first-order valence-corrected chi connectivity index (χ1v) is 22.8. The van der Waals surface area contributed by atoms with Gasteiger partial charge in [-0.05, 0) is 103 Å². The largest absolute Gasteiger partial charge is 0.444 e. The van der Waals surface area contributed by atoms with E-state index in [2.05, 4.69) is 32.4 Å². The number of ether oxygens (including phenoxy) is 2. The molecule has 0 bridgehead atoms. The summed E-state index contributed by atoms with van der Waals surface area (Å²) in [5.74, 6) is -2.45. The molecule has 4 heterocycles. The minimum Gasteiger partial charge on any atom is -0.444 e. The van der Waals surface area contributed by atoms with E-state index in [1.54, 1.807) is 25.7 Å². The van der Waals surface area contributed by atoms with Crippen LogP contribution in [-0.4, -0.2) is 120 Å². The SMILES string of the molecule is CC(C)(C)OC(=O)N[C@H]1CCCCCC=C[C@@H]2C[C@@]2(C(=O)NS(=O)(=O)C2CC2)NC(=O)[C@@H]2C[C@@H](OC(=O)N3CCc4ccccc4C3CN3CCCCC3)CN2C1=O. The van der Waals surface area contributed by atoms with Crippen LogP contribution in [0.25, 0.3) is 0 Å². The predicted octanol–water partition coefficient (Wildman–Crippen LogP) is 4.07. The number of amides is 5. The summed E-state index contributed by atoms with van der Waals surface area (Å²) in [5.41, 5.74) is -0.0718. The Morgan fingerprint density at radius 1 is 0.966 bits per heavy atom. The number of carbonyl (C=O) groups is 5. The molecule has 4 aliphatic heterocycles. The lowest BCUT2D eigenvalue weighted by atomic mass is 9.92. The number of alkyl carbamates (subject to hydrolysis) is 1. The molecule has 318 valence electrons. The van der Waals surface area contributed by atoms with E-state index in [1.165, 1.54) is 16.9 Å². The van der Waals surface area contributed by atoms with Gasteiger partial charge in [-0.1, -0.05) is 55.7 Å². The standard InChI is InChI=1S/C42H60N6O9S/c1-41(2,3)57-39(52)43-33-17-9-6-4-5-8-15-29-25-42(29,38(51)45-58(54,55)31-18-19-31)44-36(49)34-24-30(26-48(34)37(33)50)56-40(53)47-23-20-28-14-10-11-16-32(28)35(47)27-46-21-12-7-13-22-46/h8,10-11,14-16,29-31,33-35H,4-7,9,12-13,17-27H2,1-3H3,(H,43,52)(H,44,49)(H,45,51)/t29-,30-,33+,34+,35?,42-/m1/s1. The summed E-state index contributed by atoms with van der Waals surface area (Å²) in [5, 5.41) is 4.97. The second-order valence-corrected chi connectivity index (χ2v) is 19.9. The van der Waals surface area contributed by atoms with Gasteiger partial charge in [0.25, 0.3) is 5.91 Å². The number of likely N-dealkylation sites (tertiary alicyclic amines) is 1. The molecule has 2 aliphatic carbocycles. The number of piperidine rings is 1. The van der Waals surface area contributed by atoms with Crippen molar-refractivity contribution in [2.24, 2.45) is 5.92 Å². The molecular formula is C42H60N6O9S. The maximum absolute atomic E-state index is 14.6. The van der Waals surface area contributed by atoms with Gasteiger partial charge in [0.2, 0.25) is 21.8 Å². The molecule has 7 rings (SSSR count). The summed E-state index contributed by atoms with van der Waals surface area (Å²) in [7, 11) is -3.91. The van der Waals surface area contributed by atoms with Gasteiger partial charge in [-0.15, -0.1) is 0 Å². The van der Waals surface area contributed by atoms with Crippen molar-refractivity contribution in [1.82, 2.24) is 30.1 Å². The van der Waals surface area contributed by atoms with Crippen LogP contribution in [0.4, 0.5) is 9.59 Å². The molecular weight excluding hydrogens is 765 g/mol. The molecule has 1 unspecified atom stereocenters. The average Bonchev–Trinajstić information content (AvgIpc) is 4.10. The Labute approximate surface area is 342 Å². The maximum Gasteiger partial charge on any atom is 0.410 e. The number of carbonyl (C=O) groups excluding carboxylic acids is 5. The van der Waals surface area contributed by atoms with E-state index in [0.29, 0.717) is 45.2 Å². The van der Waals surface area contributed by atoms with Gasteiger partial charge in [0.1, 0.15) is 29.3 Å². The lowest BCUT2D eigenvalue weighted by Crippen LogP contribution is -2.58. The van der Waals surface area contributed by atoms with Crippen LogP contribution in [0.2, 0.25) is 0 Å². The van der Waals surface area contributed by atoms with Gasteiger partial charge in [0, 0.05) is 25.4 Å². The second-order valence-electron chi connectivity index (χ2n) is 18.0. The van der Waals surface area contributed by atoms with E-state index < -0.39 is 80.4 Å². The third-order valence-corrected chi connectivity index (χ3v) is 14.1. The van der Waals surface area contributed by atoms with E-state index >= 15 is 0 Å². The summed E-state index contributed by atoms with van der Waals surface area (Å²) in [6.45, 7) is 8.09. The molecule has 16 heteroatoms. The fraction of sp³-hybridized carbons (Fsp3) is 0.690. The Hall–Kier alpha value is -4.18. The number of benzene rings is 1. The van der Waals surface area contributed by atoms with E-state index in [0.717, 1.165) is 44.3 Å². The molecule has 3 N–H and O–H groups in total. The Morgan fingerprint density at radius 3 is 2.45 bits per heavy atom. The fourth-order valence-electron chi connectivity index (χ4n) is 8.96. The number of sulfonamides is 1. The number of hydrogen-bond donors (Lipinski definition) is 3. The Bertz CT molecular complexity index is 1870. The number of fused-ring (bicyclic) bond motifs is 3. The second kappa shape index (κ2) is 17.2. The minimum absolute atomic E-state index is 0.0533. The molecule has 15 nitrogen and oxygen atoms in total. The van der Waals surface area contributed by atoms with Gasteiger partial charge < -0.3 is 29.9 Å². The zero-order chi connectivity index (χ0) is 41.2. The van der Waals surface area contributed by atoms with Gasteiger partial charge in [-0.25, -0.2) is 18.0 Å². The molecule has 2 saturated heterocycles. The highest BCUT2D eigenvalue weighted by molar-refractivity contribution is 7.91. The lowest BCUT2D eigenvalue weighted by Gasteiger charge is -2.40. The van der Waals surface area contributed by atoms with Crippen molar-refractivity contribution in [3.05, 3.63) is 47.5 Å². The van der Waals surface area contributed by atoms with Crippen molar-refractivity contribution < 1.29 is 41.9 Å². The molecule has 6 atom stereocenters. The Balaban J connectivity index is 1.15. The van der Waals surface area contributed by atoms with Crippen LogP contribution in [0.5, 0.6) is 0 Å². The third-order valence-electron chi connectivity index (χ3n) is 12.3. The predicted molar refractivity (Wildman–Crippen MR) is 215 cm³/mol. The highest BCUT2D eigenvalue weighted by atomic mass is 32.2. The number of rotatable bonds is 7. The van der Waals surface area contributed by atoms with Crippen molar-refractivity contribution in [2.45, 2.75) is 145 Å². The third kappa shape index (κ3) is 9.81. The normalized spacial score (nSPS) is 29.7. The van der Waals surface area contributed by atoms with Crippen LogP contribution in [0, 0.1) is 5.92 Å². The monoisotopic (exact) mass is 824 g/mol. The van der Waals surface area contributed by atoms with E-state index in [-0.39, 0.29) is 31.8 Å². The molecule has 1 aromatic rings. The molecule has 4 fully saturated rings. The van der Waals surface area contributed by atoms with Crippen LogP contribution in [0.1, 0.15) is 115 Å². The lowest BCUT2D eigenvalue weighted by molar-refractivity contribution is -0.141. The van der Waals surface area contributed by atoms with Crippen molar-refractivity contribution in [1.29, 1.82) is 0 Å². The highest BCUT2D eigenvalue weighted by Crippen LogP contribution is 2.46. The van der Waals surface area contributed by atoms with Crippen molar-refractivity contribution in [2.75, 3.05) is 32.7 Å². The van der Waals surface area contributed by atoms with Crippen molar-refractivity contribution in [3.63, 3.8) is 0 Å². The first-order chi connectivity index (χ1) is 27.6. The number of nitrogens with zero attached hydrogens (tertiary/aromatic N) is 3. The fourth-order valence-corrected chi connectivity index (χ4v) is 10.3. The topological polar surface area (TPSA) is 184 Å². The van der Waals surface area contributed by atoms with Crippen LogP contribution in [0.15, 0.2) is 36.4 Å². The summed E-state index contributed by atoms with van der Waals surface area (Å²) < 4.78 is 39.7. The summed E-state index contributed by atoms with van der Waals surface area (Å²) >= 11 is 0. The first kappa shape index (κ1) is 42.0. The van der Waals surface area contributed by atoms with Crippen LogP contribution in [-0.2, 0) is 40.3 Å². The molecule has 0 spiro atoms. The van der Waals surface area contributed by atoms with Crippen LogP contribution >= 0.6 is 0 Å².